The van der Waals surface area contributed by atoms with Crippen LogP contribution in [0.5, 0.6) is 5.75 Å². The van der Waals surface area contributed by atoms with Gasteiger partial charge in [0.05, 0.1) is 7.11 Å². The summed E-state index contributed by atoms with van der Waals surface area (Å²) in [6.07, 6.45) is 2.27. The molecule has 1 aromatic rings. The van der Waals surface area contributed by atoms with Crippen LogP contribution in [-0.2, 0) is 6.42 Å². The Balaban J connectivity index is 0.000000791. The first-order chi connectivity index (χ1) is 6.77. The number of aryl methyl sites for hydroxylation is 2. The van der Waals surface area contributed by atoms with Gasteiger partial charge in [0.25, 0.3) is 0 Å². The molecule has 0 saturated carbocycles. The lowest BCUT2D eigenvalue weighted by molar-refractivity contribution is 0.409. The fraction of sp³-hybridized carbons (Fsp3) is 0.538. The van der Waals surface area contributed by atoms with E-state index >= 15 is 0 Å². The third-order valence-electron chi connectivity index (χ3n) is 1.96. The number of hydrogen-bond acceptors (Lipinski definition) is 1. The summed E-state index contributed by atoms with van der Waals surface area (Å²) in [5.74, 6) is 1.02. The summed E-state index contributed by atoms with van der Waals surface area (Å²) in [7, 11) is 1.73. The van der Waals surface area contributed by atoms with Gasteiger partial charge in [-0.2, -0.15) is 0 Å². The van der Waals surface area contributed by atoms with Gasteiger partial charge in [0.1, 0.15) is 5.75 Å². The van der Waals surface area contributed by atoms with Crippen LogP contribution in [0.15, 0.2) is 18.2 Å². The zero-order chi connectivity index (χ0) is 11.0. The molecule has 0 radical (unpaired) electrons. The van der Waals surface area contributed by atoms with Crippen molar-refractivity contribution in [2.24, 2.45) is 0 Å². The van der Waals surface area contributed by atoms with E-state index in [0.29, 0.717) is 0 Å². The van der Waals surface area contributed by atoms with Gasteiger partial charge in [-0.15, -0.1) is 0 Å². The summed E-state index contributed by atoms with van der Waals surface area (Å²) in [4.78, 5) is 0. The highest BCUT2D eigenvalue weighted by molar-refractivity contribution is 5.37. The Kier molecular flexibility index (Phi) is 6.91. The molecule has 1 aromatic carbocycles. The third kappa shape index (κ3) is 3.82. The van der Waals surface area contributed by atoms with E-state index < -0.39 is 0 Å². The van der Waals surface area contributed by atoms with Crippen LogP contribution in [0, 0.1) is 6.92 Å². The zero-order valence-corrected chi connectivity index (χ0v) is 10.1. The number of ether oxygens (including phenoxy) is 1. The Morgan fingerprint density at radius 2 is 1.86 bits per heavy atom. The van der Waals surface area contributed by atoms with Gasteiger partial charge in [0.2, 0.25) is 0 Å². The number of benzene rings is 1. The predicted octanol–water partition coefficient (Wildman–Crippen LogP) is 3.98. The molecule has 80 valence electrons. The molecule has 0 saturated heterocycles. The molecule has 0 aliphatic heterocycles. The number of rotatable bonds is 3. The Bertz CT molecular complexity index is 253. The van der Waals surface area contributed by atoms with Crippen LogP contribution in [0.25, 0.3) is 0 Å². The van der Waals surface area contributed by atoms with Crippen molar-refractivity contribution >= 4 is 0 Å². The van der Waals surface area contributed by atoms with Crippen molar-refractivity contribution in [2.75, 3.05) is 7.11 Å². The van der Waals surface area contributed by atoms with Crippen LogP contribution >= 0.6 is 0 Å². The van der Waals surface area contributed by atoms with E-state index in [4.69, 9.17) is 4.74 Å². The standard InChI is InChI=1S/C11H16O.C2H6/c1-4-5-10-7-6-9(2)8-11(10)12-3;1-2/h6-8H,4-5H2,1-3H3;1-2H3. The van der Waals surface area contributed by atoms with Crippen molar-refractivity contribution in [3.63, 3.8) is 0 Å². The van der Waals surface area contributed by atoms with E-state index in [2.05, 4.69) is 32.0 Å². The van der Waals surface area contributed by atoms with Crippen molar-refractivity contribution in [3.8, 4) is 5.75 Å². The molecule has 0 amide bonds. The van der Waals surface area contributed by atoms with Crippen molar-refractivity contribution in [1.29, 1.82) is 0 Å². The minimum Gasteiger partial charge on any atom is -0.496 e. The quantitative estimate of drug-likeness (QED) is 0.707. The molecule has 0 aliphatic carbocycles. The van der Waals surface area contributed by atoms with E-state index in [9.17, 15) is 0 Å². The Morgan fingerprint density at radius 1 is 1.21 bits per heavy atom. The van der Waals surface area contributed by atoms with Crippen LogP contribution < -0.4 is 4.74 Å². The van der Waals surface area contributed by atoms with Gasteiger partial charge in [-0.25, -0.2) is 0 Å². The normalized spacial score (nSPS) is 8.93. The fourth-order valence-electron chi connectivity index (χ4n) is 1.33. The van der Waals surface area contributed by atoms with E-state index in [1.165, 1.54) is 17.5 Å². The molecule has 14 heavy (non-hydrogen) atoms. The van der Waals surface area contributed by atoms with Gasteiger partial charge in [-0.05, 0) is 30.5 Å². The molecule has 0 N–H and O–H groups in total. The monoisotopic (exact) mass is 194 g/mol. The summed E-state index contributed by atoms with van der Waals surface area (Å²) in [6, 6.07) is 6.37. The lowest BCUT2D eigenvalue weighted by Crippen LogP contribution is -1.91. The molecule has 0 fully saturated rings. The molecule has 0 aromatic heterocycles. The first-order valence-electron chi connectivity index (χ1n) is 5.41. The Hall–Kier alpha value is -0.980. The summed E-state index contributed by atoms with van der Waals surface area (Å²) >= 11 is 0. The molecule has 0 spiro atoms. The average molecular weight is 194 g/mol. The van der Waals surface area contributed by atoms with E-state index in [-0.39, 0.29) is 0 Å². The molecule has 1 rings (SSSR count). The second-order valence-electron chi connectivity index (χ2n) is 3.07. The van der Waals surface area contributed by atoms with Crippen LogP contribution in [0.2, 0.25) is 0 Å². The highest BCUT2D eigenvalue weighted by atomic mass is 16.5. The molecule has 0 unspecified atom stereocenters. The second-order valence-corrected chi connectivity index (χ2v) is 3.07. The minimum absolute atomic E-state index is 1.02. The summed E-state index contributed by atoms with van der Waals surface area (Å²) in [6.45, 7) is 8.26. The van der Waals surface area contributed by atoms with Crippen molar-refractivity contribution < 1.29 is 4.74 Å². The number of hydrogen-bond donors (Lipinski definition) is 0. The van der Waals surface area contributed by atoms with Crippen molar-refractivity contribution in [1.82, 2.24) is 0 Å². The van der Waals surface area contributed by atoms with Crippen LogP contribution in [0.4, 0.5) is 0 Å². The van der Waals surface area contributed by atoms with E-state index in [0.717, 1.165) is 12.2 Å². The fourth-order valence-corrected chi connectivity index (χ4v) is 1.33. The van der Waals surface area contributed by atoms with E-state index in [1.54, 1.807) is 7.11 Å². The maximum atomic E-state index is 5.28. The second kappa shape index (κ2) is 7.43. The highest BCUT2D eigenvalue weighted by Crippen LogP contribution is 2.20. The van der Waals surface area contributed by atoms with Gasteiger partial charge < -0.3 is 4.74 Å². The van der Waals surface area contributed by atoms with Crippen molar-refractivity contribution in [3.05, 3.63) is 29.3 Å². The topological polar surface area (TPSA) is 9.23 Å². The Labute approximate surface area is 88.1 Å². The summed E-state index contributed by atoms with van der Waals surface area (Å²) in [5.41, 5.74) is 2.57. The minimum atomic E-state index is 1.02. The van der Waals surface area contributed by atoms with E-state index in [1.807, 2.05) is 13.8 Å². The zero-order valence-electron chi connectivity index (χ0n) is 10.1. The first kappa shape index (κ1) is 13.0. The summed E-state index contributed by atoms with van der Waals surface area (Å²) < 4.78 is 5.28. The molecule has 0 bridgehead atoms. The maximum Gasteiger partial charge on any atom is 0.122 e. The van der Waals surface area contributed by atoms with Gasteiger partial charge in [0.15, 0.2) is 0 Å². The van der Waals surface area contributed by atoms with Gasteiger partial charge in [-0.1, -0.05) is 39.3 Å². The smallest absolute Gasteiger partial charge is 0.122 e. The van der Waals surface area contributed by atoms with Gasteiger partial charge in [0, 0.05) is 0 Å². The lowest BCUT2D eigenvalue weighted by atomic mass is 10.1. The molecule has 0 aliphatic rings. The average Bonchev–Trinajstić information content (AvgIpc) is 2.24. The van der Waals surface area contributed by atoms with Crippen molar-refractivity contribution in [2.45, 2.75) is 40.5 Å². The lowest BCUT2D eigenvalue weighted by Gasteiger charge is -2.07. The maximum absolute atomic E-state index is 5.28. The van der Waals surface area contributed by atoms with Gasteiger partial charge >= 0.3 is 0 Å². The molecule has 0 atom stereocenters. The SMILES string of the molecule is CC.CCCc1ccc(C)cc1OC. The predicted molar refractivity (Wildman–Crippen MR) is 63.1 cm³/mol. The van der Waals surface area contributed by atoms with Crippen LogP contribution in [-0.4, -0.2) is 7.11 Å². The molecular formula is C13H22O. The van der Waals surface area contributed by atoms with Crippen LogP contribution in [0.1, 0.15) is 38.3 Å². The molecule has 0 heterocycles. The largest absolute Gasteiger partial charge is 0.496 e. The number of methoxy groups -OCH3 is 1. The summed E-state index contributed by atoms with van der Waals surface area (Å²) in [5, 5.41) is 0. The van der Waals surface area contributed by atoms with Gasteiger partial charge in [-0.3, -0.25) is 0 Å². The molecule has 1 heteroatoms. The highest BCUT2D eigenvalue weighted by Gasteiger charge is 2.00. The van der Waals surface area contributed by atoms with Crippen LogP contribution in [0.3, 0.4) is 0 Å². The Morgan fingerprint density at radius 3 is 2.36 bits per heavy atom. The third-order valence-corrected chi connectivity index (χ3v) is 1.96. The molecular weight excluding hydrogens is 172 g/mol. The molecule has 1 nitrogen and oxygen atoms in total. The first-order valence-corrected chi connectivity index (χ1v) is 5.41.